The summed E-state index contributed by atoms with van der Waals surface area (Å²) in [7, 11) is 1.89. The average molecular weight is 225 g/mol. The summed E-state index contributed by atoms with van der Waals surface area (Å²) in [6, 6.07) is 1.05. The summed E-state index contributed by atoms with van der Waals surface area (Å²) in [6.45, 7) is 1.64. The maximum Gasteiger partial charge on any atom is 0.222 e. The lowest BCUT2D eigenvalue weighted by Gasteiger charge is -2.33. The number of nitrogens with zero attached hydrogens (tertiary/aromatic N) is 1. The Morgan fingerprint density at radius 2 is 2.25 bits per heavy atom. The van der Waals surface area contributed by atoms with Crippen molar-refractivity contribution in [1.82, 2.24) is 10.2 Å². The van der Waals surface area contributed by atoms with Gasteiger partial charge in [-0.2, -0.15) is 0 Å². The number of hydrogen-bond donors (Lipinski definition) is 2. The first-order valence-electron chi connectivity index (χ1n) is 6.40. The standard InChI is InChI=1S/C12H23N3O/c1-15-8-10(5-6-12(15)16)14-11-4-2-3-9(11)7-13/h9-11,14H,2-8,13H2,1H3. The molecule has 92 valence electrons. The maximum atomic E-state index is 11.4. The van der Waals surface area contributed by atoms with Crippen molar-refractivity contribution in [3.8, 4) is 0 Å². The van der Waals surface area contributed by atoms with Crippen LogP contribution in [0.1, 0.15) is 32.1 Å². The Balaban J connectivity index is 1.83. The lowest BCUT2D eigenvalue weighted by molar-refractivity contribution is -0.132. The molecule has 1 saturated heterocycles. The summed E-state index contributed by atoms with van der Waals surface area (Å²) in [5.41, 5.74) is 5.77. The molecule has 1 amide bonds. The number of carbonyl (C=O) groups excluding carboxylic acids is 1. The van der Waals surface area contributed by atoms with Crippen molar-refractivity contribution in [2.45, 2.75) is 44.2 Å². The second-order valence-corrected chi connectivity index (χ2v) is 5.21. The highest BCUT2D eigenvalue weighted by Crippen LogP contribution is 2.25. The van der Waals surface area contributed by atoms with Crippen molar-refractivity contribution in [1.29, 1.82) is 0 Å². The molecule has 1 aliphatic carbocycles. The Morgan fingerprint density at radius 3 is 2.94 bits per heavy atom. The number of likely N-dealkylation sites (N-methyl/N-ethyl adjacent to an activating group) is 1. The van der Waals surface area contributed by atoms with Crippen LogP contribution < -0.4 is 11.1 Å². The first-order valence-corrected chi connectivity index (χ1v) is 6.40. The second kappa shape index (κ2) is 5.15. The first kappa shape index (κ1) is 11.9. The van der Waals surface area contributed by atoms with Gasteiger partial charge < -0.3 is 16.0 Å². The summed E-state index contributed by atoms with van der Waals surface area (Å²) in [5, 5.41) is 3.70. The highest BCUT2D eigenvalue weighted by molar-refractivity contribution is 5.76. The molecule has 4 nitrogen and oxygen atoms in total. The molecule has 4 heteroatoms. The molecule has 0 aromatic carbocycles. The van der Waals surface area contributed by atoms with Crippen LogP contribution in [0.2, 0.25) is 0 Å². The van der Waals surface area contributed by atoms with E-state index in [0.29, 0.717) is 24.4 Å². The maximum absolute atomic E-state index is 11.4. The molecule has 3 unspecified atom stereocenters. The Bertz CT molecular complexity index is 257. The minimum Gasteiger partial charge on any atom is -0.344 e. The topological polar surface area (TPSA) is 58.4 Å². The molecular weight excluding hydrogens is 202 g/mol. The Hall–Kier alpha value is -0.610. The van der Waals surface area contributed by atoms with Crippen molar-refractivity contribution in [3.63, 3.8) is 0 Å². The fourth-order valence-electron chi connectivity index (χ4n) is 2.99. The number of hydrogen-bond acceptors (Lipinski definition) is 3. The summed E-state index contributed by atoms with van der Waals surface area (Å²) in [5.74, 6) is 0.919. The fraction of sp³-hybridized carbons (Fsp3) is 0.917. The normalized spacial score (nSPS) is 35.8. The van der Waals surface area contributed by atoms with Gasteiger partial charge in [0.1, 0.15) is 0 Å². The van der Waals surface area contributed by atoms with E-state index in [1.54, 1.807) is 0 Å². The van der Waals surface area contributed by atoms with Gasteiger partial charge in [-0.3, -0.25) is 4.79 Å². The molecule has 0 aromatic rings. The third-order valence-electron chi connectivity index (χ3n) is 4.04. The van der Waals surface area contributed by atoms with Gasteiger partial charge in [-0.1, -0.05) is 6.42 Å². The molecule has 16 heavy (non-hydrogen) atoms. The SMILES string of the molecule is CN1CC(NC2CCCC2CN)CCC1=O. The lowest BCUT2D eigenvalue weighted by Crippen LogP contribution is -2.51. The van der Waals surface area contributed by atoms with Crippen LogP contribution >= 0.6 is 0 Å². The fourth-order valence-corrected chi connectivity index (χ4v) is 2.99. The van der Waals surface area contributed by atoms with E-state index in [1.807, 2.05) is 11.9 Å². The van der Waals surface area contributed by atoms with Crippen LogP contribution in [0, 0.1) is 5.92 Å². The predicted octanol–water partition coefficient (Wildman–Crippen LogP) is 0.324. The van der Waals surface area contributed by atoms with Crippen molar-refractivity contribution in [2.75, 3.05) is 20.1 Å². The zero-order valence-corrected chi connectivity index (χ0v) is 10.1. The summed E-state index contributed by atoms with van der Waals surface area (Å²) < 4.78 is 0. The first-order chi connectivity index (χ1) is 7.70. The minimum absolute atomic E-state index is 0.278. The van der Waals surface area contributed by atoms with E-state index in [9.17, 15) is 4.79 Å². The quantitative estimate of drug-likeness (QED) is 0.727. The average Bonchev–Trinajstić information content (AvgIpc) is 2.71. The monoisotopic (exact) mass is 225 g/mol. The van der Waals surface area contributed by atoms with E-state index in [1.165, 1.54) is 19.3 Å². The highest BCUT2D eigenvalue weighted by Gasteiger charge is 2.30. The molecule has 3 atom stereocenters. The molecule has 2 rings (SSSR count). The zero-order valence-electron chi connectivity index (χ0n) is 10.1. The van der Waals surface area contributed by atoms with Gasteiger partial charge in [-0.05, 0) is 31.7 Å². The van der Waals surface area contributed by atoms with Crippen molar-refractivity contribution < 1.29 is 4.79 Å². The van der Waals surface area contributed by atoms with E-state index in [0.717, 1.165) is 19.5 Å². The number of carbonyl (C=O) groups is 1. The van der Waals surface area contributed by atoms with Gasteiger partial charge in [0, 0.05) is 32.1 Å². The van der Waals surface area contributed by atoms with E-state index in [-0.39, 0.29) is 5.91 Å². The molecule has 1 aliphatic heterocycles. The minimum atomic E-state index is 0.278. The zero-order chi connectivity index (χ0) is 11.5. The Morgan fingerprint density at radius 1 is 1.44 bits per heavy atom. The lowest BCUT2D eigenvalue weighted by atomic mass is 10.00. The number of nitrogens with one attached hydrogen (secondary N) is 1. The third kappa shape index (κ3) is 2.55. The molecule has 2 aliphatic rings. The molecule has 0 spiro atoms. The van der Waals surface area contributed by atoms with Gasteiger partial charge in [-0.25, -0.2) is 0 Å². The third-order valence-corrected chi connectivity index (χ3v) is 4.04. The van der Waals surface area contributed by atoms with Crippen molar-refractivity contribution >= 4 is 5.91 Å². The van der Waals surface area contributed by atoms with Crippen molar-refractivity contribution in [3.05, 3.63) is 0 Å². The Kier molecular flexibility index (Phi) is 3.82. The van der Waals surface area contributed by atoms with Gasteiger partial charge >= 0.3 is 0 Å². The van der Waals surface area contributed by atoms with Gasteiger partial charge in [-0.15, -0.1) is 0 Å². The van der Waals surface area contributed by atoms with Crippen LogP contribution in [0.15, 0.2) is 0 Å². The highest BCUT2D eigenvalue weighted by atomic mass is 16.2. The van der Waals surface area contributed by atoms with Crippen LogP contribution in [0.25, 0.3) is 0 Å². The summed E-state index contributed by atoms with van der Waals surface area (Å²) in [6.07, 6.45) is 5.47. The molecule has 1 saturated carbocycles. The molecule has 0 bridgehead atoms. The van der Waals surface area contributed by atoms with Gasteiger partial charge in [0.25, 0.3) is 0 Å². The van der Waals surface area contributed by atoms with Crippen LogP contribution in [-0.4, -0.2) is 43.0 Å². The van der Waals surface area contributed by atoms with E-state index >= 15 is 0 Å². The van der Waals surface area contributed by atoms with E-state index in [2.05, 4.69) is 5.32 Å². The van der Waals surface area contributed by atoms with Gasteiger partial charge in [0.2, 0.25) is 5.91 Å². The molecule has 0 radical (unpaired) electrons. The summed E-state index contributed by atoms with van der Waals surface area (Å²) >= 11 is 0. The van der Waals surface area contributed by atoms with E-state index < -0.39 is 0 Å². The number of rotatable bonds is 3. The van der Waals surface area contributed by atoms with Gasteiger partial charge in [0.05, 0.1) is 0 Å². The van der Waals surface area contributed by atoms with Crippen LogP contribution in [-0.2, 0) is 4.79 Å². The molecule has 3 N–H and O–H groups in total. The predicted molar refractivity (Wildman–Crippen MR) is 64.0 cm³/mol. The summed E-state index contributed by atoms with van der Waals surface area (Å²) in [4.78, 5) is 13.2. The number of amides is 1. The largest absolute Gasteiger partial charge is 0.344 e. The number of likely N-dealkylation sites (tertiary alicyclic amines) is 1. The van der Waals surface area contributed by atoms with Crippen molar-refractivity contribution in [2.24, 2.45) is 11.7 Å². The second-order valence-electron chi connectivity index (χ2n) is 5.21. The number of piperidine rings is 1. The Labute approximate surface area is 97.6 Å². The van der Waals surface area contributed by atoms with Gasteiger partial charge in [0.15, 0.2) is 0 Å². The molecule has 0 aromatic heterocycles. The van der Waals surface area contributed by atoms with Crippen LogP contribution in [0.3, 0.4) is 0 Å². The number of nitrogens with two attached hydrogens (primary N) is 1. The van der Waals surface area contributed by atoms with Crippen LogP contribution in [0.4, 0.5) is 0 Å². The molecular formula is C12H23N3O. The molecule has 2 fully saturated rings. The van der Waals surface area contributed by atoms with E-state index in [4.69, 9.17) is 5.73 Å². The smallest absolute Gasteiger partial charge is 0.222 e. The van der Waals surface area contributed by atoms with Crippen LogP contribution in [0.5, 0.6) is 0 Å². The molecule has 1 heterocycles.